The SMILES string of the molecule is Cc1ccc(S(=O)(=O)Cc2nsc(=NC(=Nc3ccccc3)c3ccccc3)n2Cc2ccccc2)cc1. The predicted molar refractivity (Wildman–Crippen MR) is 152 cm³/mol. The molecule has 0 atom stereocenters. The largest absolute Gasteiger partial charge is 0.298 e. The Morgan fingerprint density at radius 2 is 1.42 bits per heavy atom. The summed E-state index contributed by atoms with van der Waals surface area (Å²) in [7, 11) is -3.61. The topological polar surface area (TPSA) is 76.7 Å². The summed E-state index contributed by atoms with van der Waals surface area (Å²) in [5.41, 5.74) is 3.65. The molecule has 0 amide bonds. The Morgan fingerprint density at radius 3 is 2.08 bits per heavy atom. The minimum absolute atomic E-state index is 0.231. The van der Waals surface area contributed by atoms with Crippen LogP contribution in [0.1, 0.15) is 22.5 Å². The van der Waals surface area contributed by atoms with Crippen molar-refractivity contribution in [1.82, 2.24) is 8.94 Å². The van der Waals surface area contributed by atoms with Crippen LogP contribution < -0.4 is 4.80 Å². The van der Waals surface area contributed by atoms with Crippen LogP contribution in [0.3, 0.4) is 0 Å². The normalized spacial score (nSPS) is 12.6. The summed E-state index contributed by atoms with van der Waals surface area (Å²) in [5.74, 6) is 0.728. The zero-order valence-electron chi connectivity index (χ0n) is 20.8. The Morgan fingerprint density at radius 1 is 0.816 bits per heavy atom. The summed E-state index contributed by atoms with van der Waals surface area (Å²) >= 11 is 1.17. The van der Waals surface area contributed by atoms with Crippen molar-refractivity contribution in [3.63, 3.8) is 0 Å². The van der Waals surface area contributed by atoms with Gasteiger partial charge in [0, 0.05) is 17.1 Å². The summed E-state index contributed by atoms with van der Waals surface area (Å²) in [6.45, 7) is 2.36. The smallest absolute Gasteiger partial charge is 0.211 e. The second kappa shape index (κ2) is 11.5. The molecule has 38 heavy (non-hydrogen) atoms. The van der Waals surface area contributed by atoms with Crippen LogP contribution in [0.15, 0.2) is 130 Å². The fourth-order valence-electron chi connectivity index (χ4n) is 3.87. The summed E-state index contributed by atoms with van der Waals surface area (Å²) in [6.07, 6.45) is 0. The molecule has 5 aromatic rings. The second-order valence-corrected chi connectivity index (χ2v) is 11.5. The molecule has 0 aliphatic carbocycles. The third-order valence-corrected chi connectivity index (χ3v) is 8.29. The molecular formula is C30H26N4O2S2. The predicted octanol–water partition coefficient (Wildman–Crippen LogP) is 5.95. The Labute approximate surface area is 226 Å². The van der Waals surface area contributed by atoms with Gasteiger partial charge in [0.1, 0.15) is 11.6 Å². The lowest BCUT2D eigenvalue weighted by Gasteiger charge is -2.09. The quantitative estimate of drug-likeness (QED) is 0.190. The Balaban J connectivity index is 1.63. The van der Waals surface area contributed by atoms with Gasteiger partial charge in [0.2, 0.25) is 4.80 Å². The van der Waals surface area contributed by atoms with E-state index in [4.69, 9.17) is 9.98 Å². The maximum absolute atomic E-state index is 13.3. The highest BCUT2D eigenvalue weighted by Crippen LogP contribution is 2.18. The molecule has 1 aromatic heterocycles. The standard InChI is InChI=1S/C30H26N4O2S2/c1-23-17-19-27(20-18-23)38(35,36)22-28-33-37-30(34(28)21-24-11-5-2-6-12-24)32-29(25-13-7-3-8-14-25)31-26-15-9-4-10-16-26/h2-20H,21-22H2,1H3. The van der Waals surface area contributed by atoms with Crippen LogP contribution in [-0.4, -0.2) is 23.2 Å². The van der Waals surface area contributed by atoms with Crippen molar-refractivity contribution < 1.29 is 8.42 Å². The van der Waals surface area contributed by atoms with Crippen LogP contribution in [-0.2, 0) is 22.1 Å². The van der Waals surface area contributed by atoms with Crippen LogP contribution in [0, 0.1) is 6.92 Å². The number of aromatic nitrogens is 2. The molecule has 190 valence electrons. The minimum atomic E-state index is -3.61. The van der Waals surface area contributed by atoms with Crippen LogP contribution in [0.5, 0.6) is 0 Å². The molecule has 0 spiro atoms. The minimum Gasteiger partial charge on any atom is -0.298 e. The first kappa shape index (κ1) is 25.5. The molecule has 0 aliphatic rings. The van der Waals surface area contributed by atoms with E-state index < -0.39 is 9.84 Å². The van der Waals surface area contributed by atoms with E-state index in [1.54, 1.807) is 24.3 Å². The average molecular weight is 539 g/mol. The summed E-state index contributed by atoms with van der Waals surface area (Å²) in [5, 5.41) is 0. The Hall–Kier alpha value is -4.14. The first-order valence-electron chi connectivity index (χ1n) is 12.1. The fraction of sp³-hybridized carbons (Fsp3) is 0.100. The molecule has 8 heteroatoms. The number of benzene rings is 4. The van der Waals surface area contributed by atoms with Crippen molar-refractivity contribution in [3.05, 3.63) is 143 Å². The summed E-state index contributed by atoms with van der Waals surface area (Å²) in [4.78, 5) is 10.6. The number of hydrogen-bond acceptors (Lipinski definition) is 5. The van der Waals surface area contributed by atoms with Crippen LogP contribution in [0.4, 0.5) is 5.69 Å². The first-order valence-corrected chi connectivity index (χ1v) is 14.5. The molecule has 0 fully saturated rings. The molecular weight excluding hydrogens is 512 g/mol. The van der Waals surface area contributed by atoms with Gasteiger partial charge in [0.25, 0.3) is 0 Å². The molecule has 1 heterocycles. The third kappa shape index (κ3) is 6.22. The van der Waals surface area contributed by atoms with E-state index in [9.17, 15) is 8.42 Å². The van der Waals surface area contributed by atoms with Gasteiger partial charge in [-0.05, 0) is 36.8 Å². The number of para-hydroxylation sites is 1. The maximum atomic E-state index is 13.3. The third-order valence-electron chi connectivity index (χ3n) is 5.88. The van der Waals surface area contributed by atoms with Gasteiger partial charge in [-0.15, -0.1) is 0 Å². The lowest BCUT2D eigenvalue weighted by atomic mass is 10.2. The zero-order chi connectivity index (χ0) is 26.4. The zero-order valence-corrected chi connectivity index (χ0v) is 22.4. The van der Waals surface area contributed by atoms with Gasteiger partial charge in [0.15, 0.2) is 15.7 Å². The maximum Gasteiger partial charge on any atom is 0.211 e. The van der Waals surface area contributed by atoms with Crippen molar-refractivity contribution in [2.75, 3.05) is 0 Å². The fourth-order valence-corrected chi connectivity index (χ4v) is 5.97. The molecule has 0 saturated heterocycles. The first-order chi connectivity index (χ1) is 18.5. The number of aryl methyl sites for hydroxylation is 1. The van der Waals surface area contributed by atoms with Gasteiger partial charge in [0.05, 0.1) is 17.1 Å². The summed E-state index contributed by atoms with van der Waals surface area (Å²) < 4.78 is 33.1. The lowest BCUT2D eigenvalue weighted by Crippen LogP contribution is -2.22. The van der Waals surface area contributed by atoms with Gasteiger partial charge in [-0.25, -0.2) is 13.4 Å². The Kier molecular flexibility index (Phi) is 7.72. The van der Waals surface area contributed by atoms with E-state index in [-0.39, 0.29) is 10.6 Å². The van der Waals surface area contributed by atoms with Crippen molar-refractivity contribution in [1.29, 1.82) is 0 Å². The van der Waals surface area contributed by atoms with Crippen LogP contribution >= 0.6 is 11.5 Å². The van der Waals surface area contributed by atoms with Gasteiger partial charge in [-0.3, -0.25) is 4.57 Å². The van der Waals surface area contributed by atoms with Gasteiger partial charge in [-0.2, -0.15) is 9.37 Å². The number of aliphatic imine (C=N–C) groups is 1. The van der Waals surface area contributed by atoms with E-state index in [0.29, 0.717) is 23.0 Å². The highest BCUT2D eigenvalue weighted by atomic mass is 32.2. The average Bonchev–Trinajstić information content (AvgIpc) is 3.30. The van der Waals surface area contributed by atoms with Crippen molar-refractivity contribution in [2.24, 2.45) is 9.98 Å². The van der Waals surface area contributed by atoms with E-state index >= 15 is 0 Å². The molecule has 0 aliphatic heterocycles. The molecule has 5 rings (SSSR count). The van der Waals surface area contributed by atoms with Gasteiger partial charge < -0.3 is 0 Å². The van der Waals surface area contributed by atoms with E-state index in [1.807, 2.05) is 102 Å². The molecule has 6 nitrogen and oxygen atoms in total. The number of nitrogens with zero attached hydrogens (tertiary/aromatic N) is 4. The van der Waals surface area contributed by atoms with E-state index in [0.717, 1.165) is 22.4 Å². The van der Waals surface area contributed by atoms with E-state index in [1.165, 1.54) is 11.5 Å². The van der Waals surface area contributed by atoms with Crippen molar-refractivity contribution in [3.8, 4) is 0 Å². The number of rotatable bonds is 7. The van der Waals surface area contributed by atoms with Gasteiger partial charge >= 0.3 is 0 Å². The van der Waals surface area contributed by atoms with Crippen LogP contribution in [0.25, 0.3) is 0 Å². The van der Waals surface area contributed by atoms with Crippen LogP contribution in [0.2, 0.25) is 0 Å². The molecule has 0 N–H and O–H groups in total. The van der Waals surface area contributed by atoms with Crippen molar-refractivity contribution >= 4 is 32.9 Å². The number of amidine groups is 1. The van der Waals surface area contributed by atoms with E-state index in [2.05, 4.69) is 4.37 Å². The number of hydrogen-bond donors (Lipinski definition) is 0. The molecule has 0 radical (unpaired) electrons. The molecule has 4 aromatic carbocycles. The molecule has 0 bridgehead atoms. The van der Waals surface area contributed by atoms with Crippen molar-refractivity contribution in [2.45, 2.75) is 24.1 Å². The van der Waals surface area contributed by atoms with Gasteiger partial charge in [-0.1, -0.05) is 96.6 Å². The highest BCUT2D eigenvalue weighted by molar-refractivity contribution is 7.90. The highest BCUT2D eigenvalue weighted by Gasteiger charge is 2.20. The second-order valence-electron chi connectivity index (χ2n) is 8.77. The monoisotopic (exact) mass is 538 g/mol. The molecule has 0 saturated carbocycles. The number of sulfone groups is 1. The summed E-state index contributed by atoms with van der Waals surface area (Å²) in [6, 6.07) is 36.1. The Bertz CT molecular complexity index is 1710. The molecule has 0 unspecified atom stereocenters. The lowest BCUT2D eigenvalue weighted by molar-refractivity contribution is 0.590.